The van der Waals surface area contributed by atoms with Crippen LogP contribution in [-0.4, -0.2) is 25.7 Å². The van der Waals surface area contributed by atoms with E-state index >= 15 is 0 Å². The van der Waals surface area contributed by atoms with E-state index in [1.54, 1.807) is 0 Å². The summed E-state index contributed by atoms with van der Waals surface area (Å²) < 4.78 is 0. The van der Waals surface area contributed by atoms with E-state index in [1.165, 1.54) is 12.4 Å². The minimum Gasteiger partial charge on any atom is -0.319 e. The predicted octanol–water partition coefficient (Wildman–Crippen LogP) is 3.21. The Morgan fingerprint density at radius 1 is 0.889 bits per heavy atom. The number of nitro benzene ring substituents is 2. The largest absolute Gasteiger partial charge is 0.319 e. The first-order valence-electron chi connectivity index (χ1n) is 7.57. The third-order valence-corrected chi connectivity index (χ3v) is 3.53. The molecule has 0 unspecified atom stereocenters. The van der Waals surface area contributed by atoms with Crippen molar-refractivity contribution in [1.82, 2.24) is 9.97 Å². The average Bonchev–Trinajstić information content (AvgIpc) is 2.68. The number of hydrogen-bond donors (Lipinski definition) is 1. The maximum absolute atomic E-state index is 12.3. The van der Waals surface area contributed by atoms with Crippen LogP contribution in [0.3, 0.4) is 0 Å². The minimum atomic E-state index is -0.804. The highest BCUT2D eigenvalue weighted by molar-refractivity contribution is 6.05. The van der Waals surface area contributed by atoms with Gasteiger partial charge in [0.1, 0.15) is 0 Å². The Bertz CT molecular complexity index is 989. The first-order chi connectivity index (χ1) is 12.9. The number of rotatable bonds is 5. The van der Waals surface area contributed by atoms with Gasteiger partial charge in [-0.1, -0.05) is 30.3 Å². The Morgan fingerprint density at radius 3 is 1.96 bits per heavy atom. The molecule has 0 saturated carbocycles. The van der Waals surface area contributed by atoms with Crippen LogP contribution in [0.4, 0.5) is 17.1 Å². The van der Waals surface area contributed by atoms with Crippen molar-refractivity contribution < 1.29 is 14.6 Å². The first-order valence-corrected chi connectivity index (χ1v) is 7.57. The van der Waals surface area contributed by atoms with Gasteiger partial charge in [-0.15, -0.1) is 0 Å². The van der Waals surface area contributed by atoms with Crippen LogP contribution in [-0.2, 0) is 0 Å². The number of hydrogen-bond acceptors (Lipinski definition) is 7. The van der Waals surface area contributed by atoms with Crippen LogP contribution in [0.2, 0.25) is 0 Å². The van der Waals surface area contributed by atoms with Crippen molar-refractivity contribution in [1.29, 1.82) is 0 Å². The molecule has 0 aliphatic rings. The van der Waals surface area contributed by atoms with Gasteiger partial charge in [-0.2, -0.15) is 0 Å². The van der Waals surface area contributed by atoms with E-state index in [0.717, 1.165) is 23.8 Å². The molecule has 1 amide bonds. The summed E-state index contributed by atoms with van der Waals surface area (Å²) in [5.74, 6) is -0.294. The van der Waals surface area contributed by atoms with E-state index in [2.05, 4.69) is 15.3 Å². The number of carbonyl (C=O) groups is 1. The lowest BCUT2D eigenvalue weighted by molar-refractivity contribution is -0.394. The fourth-order valence-electron chi connectivity index (χ4n) is 2.27. The Hall–Kier alpha value is -4.21. The molecule has 2 aromatic carbocycles. The molecule has 10 heteroatoms. The summed E-state index contributed by atoms with van der Waals surface area (Å²) in [4.78, 5) is 40.8. The summed E-state index contributed by atoms with van der Waals surface area (Å²) in [7, 11) is 0. The number of carbonyl (C=O) groups excluding carboxylic acids is 1. The van der Waals surface area contributed by atoms with E-state index < -0.39 is 27.1 Å². The highest BCUT2D eigenvalue weighted by Gasteiger charge is 2.20. The zero-order valence-electron chi connectivity index (χ0n) is 13.6. The molecule has 0 atom stereocenters. The molecule has 0 radical (unpaired) electrons. The van der Waals surface area contributed by atoms with E-state index in [1.807, 2.05) is 30.3 Å². The van der Waals surface area contributed by atoms with Gasteiger partial charge in [-0.3, -0.25) is 25.0 Å². The van der Waals surface area contributed by atoms with Gasteiger partial charge in [0.15, 0.2) is 5.82 Å². The van der Waals surface area contributed by atoms with Crippen LogP contribution >= 0.6 is 0 Å². The SMILES string of the molecule is O=C(Nc1cnc(-c2ccccc2)nc1)c1cc([N+](=O)[O-])cc([N+](=O)[O-])c1. The van der Waals surface area contributed by atoms with Gasteiger partial charge < -0.3 is 5.32 Å². The van der Waals surface area contributed by atoms with Crippen LogP contribution in [0, 0.1) is 20.2 Å². The summed E-state index contributed by atoms with van der Waals surface area (Å²) in [6, 6.07) is 11.9. The van der Waals surface area contributed by atoms with Crippen molar-refractivity contribution in [3.63, 3.8) is 0 Å². The second-order valence-corrected chi connectivity index (χ2v) is 5.37. The van der Waals surface area contributed by atoms with Crippen molar-refractivity contribution in [2.75, 3.05) is 5.32 Å². The smallest absolute Gasteiger partial charge is 0.277 e. The molecule has 10 nitrogen and oxygen atoms in total. The molecule has 0 aliphatic carbocycles. The van der Waals surface area contributed by atoms with E-state index in [0.29, 0.717) is 5.82 Å². The molecule has 1 heterocycles. The number of amides is 1. The van der Waals surface area contributed by atoms with Crippen molar-refractivity contribution in [3.8, 4) is 11.4 Å². The van der Waals surface area contributed by atoms with Gasteiger partial charge in [-0.25, -0.2) is 9.97 Å². The van der Waals surface area contributed by atoms with Gasteiger partial charge >= 0.3 is 0 Å². The molecule has 0 fully saturated rings. The number of nitrogens with one attached hydrogen (secondary N) is 1. The van der Waals surface area contributed by atoms with Crippen LogP contribution in [0.1, 0.15) is 10.4 Å². The van der Waals surface area contributed by atoms with Crippen molar-refractivity contribution in [2.45, 2.75) is 0 Å². The van der Waals surface area contributed by atoms with Crippen LogP contribution in [0.5, 0.6) is 0 Å². The Kier molecular flexibility index (Phi) is 4.79. The predicted molar refractivity (Wildman–Crippen MR) is 95.2 cm³/mol. The van der Waals surface area contributed by atoms with E-state index in [-0.39, 0.29) is 11.3 Å². The van der Waals surface area contributed by atoms with Crippen molar-refractivity contribution in [2.24, 2.45) is 0 Å². The summed E-state index contributed by atoms with van der Waals surface area (Å²) in [5.41, 5.74) is -0.281. The van der Waals surface area contributed by atoms with Crippen molar-refractivity contribution in [3.05, 3.63) is 86.7 Å². The third kappa shape index (κ3) is 4.07. The lowest BCUT2D eigenvalue weighted by Gasteiger charge is -2.06. The van der Waals surface area contributed by atoms with E-state index in [4.69, 9.17) is 0 Å². The number of anilines is 1. The van der Waals surface area contributed by atoms with Crippen molar-refractivity contribution >= 4 is 23.0 Å². The van der Waals surface area contributed by atoms with Gasteiger partial charge in [-0.05, 0) is 0 Å². The summed E-state index contributed by atoms with van der Waals surface area (Å²) >= 11 is 0. The monoisotopic (exact) mass is 365 g/mol. The number of benzene rings is 2. The molecule has 27 heavy (non-hydrogen) atoms. The molecular formula is C17H11N5O5. The topological polar surface area (TPSA) is 141 Å². The average molecular weight is 365 g/mol. The standard InChI is InChI=1S/C17H11N5O5/c23-17(12-6-14(21(24)25)8-15(7-12)22(26)27)20-13-9-18-16(19-10-13)11-4-2-1-3-5-11/h1-10H,(H,20,23). The Balaban J connectivity index is 1.83. The first kappa shape index (κ1) is 17.6. The number of aromatic nitrogens is 2. The van der Waals surface area contributed by atoms with Gasteiger partial charge in [0.05, 0.1) is 39.6 Å². The molecule has 0 bridgehead atoms. The van der Waals surface area contributed by atoms with E-state index in [9.17, 15) is 25.0 Å². The zero-order valence-corrected chi connectivity index (χ0v) is 13.6. The quantitative estimate of drug-likeness (QED) is 0.540. The summed E-state index contributed by atoms with van der Waals surface area (Å²) in [5, 5.41) is 24.3. The molecule has 0 saturated heterocycles. The molecule has 1 aromatic heterocycles. The second kappa shape index (κ2) is 7.35. The maximum Gasteiger partial charge on any atom is 0.277 e. The van der Waals surface area contributed by atoms with Gasteiger partial charge in [0.2, 0.25) is 0 Å². The van der Waals surface area contributed by atoms with Gasteiger partial charge in [0.25, 0.3) is 17.3 Å². The second-order valence-electron chi connectivity index (χ2n) is 5.37. The summed E-state index contributed by atoms with van der Waals surface area (Å²) in [6.07, 6.45) is 2.75. The van der Waals surface area contributed by atoms with Crippen LogP contribution in [0.25, 0.3) is 11.4 Å². The van der Waals surface area contributed by atoms with Crippen LogP contribution in [0.15, 0.2) is 60.9 Å². The fraction of sp³-hybridized carbons (Fsp3) is 0. The molecule has 134 valence electrons. The fourth-order valence-corrected chi connectivity index (χ4v) is 2.27. The van der Waals surface area contributed by atoms with Gasteiger partial charge in [0, 0.05) is 17.7 Å². The third-order valence-electron chi connectivity index (χ3n) is 3.53. The Labute approximate surface area is 151 Å². The highest BCUT2D eigenvalue weighted by atomic mass is 16.6. The molecular weight excluding hydrogens is 354 g/mol. The normalized spacial score (nSPS) is 10.2. The number of non-ortho nitro benzene ring substituents is 2. The maximum atomic E-state index is 12.3. The molecule has 0 aliphatic heterocycles. The number of nitro groups is 2. The summed E-state index contributed by atoms with van der Waals surface area (Å²) in [6.45, 7) is 0. The molecule has 3 rings (SSSR count). The molecule has 3 aromatic rings. The highest BCUT2D eigenvalue weighted by Crippen LogP contribution is 2.23. The number of nitrogens with zero attached hydrogens (tertiary/aromatic N) is 4. The molecule has 1 N–H and O–H groups in total. The minimum absolute atomic E-state index is 0.219. The lowest BCUT2D eigenvalue weighted by atomic mass is 10.1. The zero-order chi connectivity index (χ0) is 19.4. The Morgan fingerprint density at radius 2 is 1.44 bits per heavy atom. The van der Waals surface area contributed by atoms with Crippen LogP contribution < -0.4 is 5.32 Å². The lowest BCUT2D eigenvalue weighted by Crippen LogP contribution is -2.13. The molecule has 0 spiro atoms.